The minimum Gasteiger partial charge on any atom is -0.383 e. The Kier molecular flexibility index (Phi) is 6.62. The third-order valence-corrected chi connectivity index (χ3v) is 3.62. The second kappa shape index (κ2) is 8.50. The monoisotopic (exact) mass is 378 g/mol. The van der Waals surface area contributed by atoms with Gasteiger partial charge in [0.1, 0.15) is 19.1 Å². The zero-order valence-electron chi connectivity index (χ0n) is 13.5. The number of halogens is 1. The average molecular weight is 378 g/mol. The van der Waals surface area contributed by atoms with Crippen LogP contribution < -0.4 is 11.1 Å². The fourth-order valence-corrected chi connectivity index (χ4v) is 2.46. The molecule has 0 saturated carbocycles. The first-order chi connectivity index (χ1) is 11.8. The molecule has 11 nitrogen and oxygen atoms in total. The lowest BCUT2D eigenvalue weighted by atomic mass is 10.4. The molecule has 0 aliphatic carbocycles. The average Bonchev–Trinajstić information content (AvgIpc) is 2.93. The lowest BCUT2D eigenvalue weighted by Crippen LogP contribution is -2.23. The van der Waals surface area contributed by atoms with Gasteiger partial charge >= 0.3 is 7.60 Å². The summed E-state index contributed by atoms with van der Waals surface area (Å²) in [6.45, 7) is -0.0419. The maximum absolute atomic E-state index is 13.1. The maximum Gasteiger partial charge on any atom is 0.350 e. The second-order valence-corrected chi connectivity index (χ2v) is 6.74. The fraction of sp³-hybridized carbons (Fsp3) is 0.583. The molecule has 0 unspecified atom stereocenters. The van der Waals surface area contributed by atoms with Crippen LogP contribution in [0.15, 0.2) is 6.33 Å². The van der Waals surface area contributed by atoms with Gasteiger partial charge in [-0.25, -0.2) is 9.37 Å². The van der Waals surface area contributed by atoms with Gasteiger partial charge < -0.3 is 34.9 Å². The molecule has 2 heterocycles. The number of hydrogen-bond acceptors (Lipinski definition) is 8. The molecule has 25 heavy (non-hydrogen) atoms. The molecule has 2 aromatic heterocycles. The molecule has 0 aromatic carbocycles. The van der Waals surface area contributed by atoms with Crippen LogP contribution in [0.2, 0.25) is 0 Å². The molecule has 0 saturated heterocycles. The van der Waals surface area contributed by atoms with Crippen LogP contribution in [0.1, 0.15) is 0 Å². The van der Waals surface area contributed by atoms with Gasteiger partial charge in [-0.2, -0.15) is 9.97 Å². The number of rotatable bonds is 10. The number of nitrogen functional groups attached to an aromatic ring is 1. The lowest BCUT2D eigenvalue weighted by molar-refractivity contribution is 0.0445. The van der Waals surface area contributed by atoms with Crippen LogP contribution in [0.25, 0.3) is 11.2 Å². The third-order valence-electron chi connectivity index (χ3n) is 3.13. The van der Waals surface area contributed by atoms with Crippen molar-refractivity contribution in [1.82, 2.24) is 19.5 Å². The molecule has 2 rings (SSSR count). The minimum atomic E-state index is -4.38. The normalized spacial score (nSPS) is 13.3. The molecule has 0 amide bonds. The van der Waals surface area contributed by atoms with Gasteiger partial charge in [0.05, 0.1) is 19.5 Å². The summed E-state index contributed by atoms with van der Waals surface area (Å²) in [4.78, 5) is 30.0. The van der Waals surface area contributed by atoms with Crippen LogP contribution in [0.3, 0.4) is 0 Å². The van der Waals surface area contributed by atoms with Crippen LogP contribution in [0, 0.1) is 0 Å². The van der Waals surface area contributed by atoms with Crippen molar-refractivity contribution < 1.29 is 28.2 Å². The Morgan fingerprint density at radius 3 is 2.88 bits per heavy atom. The Morgan fingerprint density at radius 1 is 1.48 bits per heavy atom. The van der Waals surface area contributed by atoms with Crippen molar-refractivity contribution in [3.8, 4) is 0 Å². The highest BCUT2D eigenvalue weighted by atomic mass is 31.2. The summed E-state index contributed by atoms with van der Waals surface area (Å²) < 4.78 is 35.3. The number of nitrogens with one attached hydrogen (secondary N) is 1. The fourth-order valence-electron chi connectivity index (χ4n) is 2.06. The number of alkyl halides is 1. The molecule has 5 N–H and O–H groups in total. The predicted molar refractivity (Wildman–Crippen MR) is 87.9 cm³/mol. The van der Waals surface area contributed by atoms with Gasteiger partial charge in [-0.05, 0) is 0 Å². The smallest absolute Gasteiger partial charge is 0.350 e. The molecule has 0 spiro atoms. The molecule has 0 bridgehead atoms. The van der Waals surface area contributed by atoms with E-state index in [1.165, 1.54) is 10.9 Å². The summed E-state index contributed by atoms with van der Waals surface area (Å²) >= 11 is 0. The van der Waals surface area contributed by atoms with Gasteiger partial charge in [0, 0.05) is 13.7 Å². The highest BCUT2D eigenvalue weighted by molar-refractivity contribution is 7.51. The highest BCUT2D eigenvalue weighted by Crippen LogP contribution is 2.34. The Morgan fingerprint density at radius 2 is 2.24 bits per heavy atom. The summed E-state index contributed by atoms with van der Waals surface area (Å²) in [5.74, 6) is 0.410. The summed E-state index contributed by atoms with van der Waals surface area (Å²) in [7, 11) is -2.82. The molecule has 0 aliphatic rings. The largest absolute Gasteiger partial charge is 0.383 e. The maximum atomic E-state index is 13.1. The first kappa shape index (κ1) is 19.5. The van der Waals surface area contributed by atoms with Crippen molar-refractivity contribution in [2.45, 2.75) is 12.6 Å². The summed E-state index contributed by atoms with van der Waals surface area (Å²) in [5.41, 5.74) is 6.47. The molecular formula is C12H20FN6O5P. The summed E-state index contributed by atoms with van der Waals surface area (Å²) in [6, 6.07) is 0. The Balaban J connectivity index is 2.19. The van der Waals surface area contributed by atoms with Crippen molar-refractivity contribution in [2.24, 2.45) is 0 Å². The number of anilines is 2. The van der Waals surface area contributed by atoms with Crippen molar-refractivity contribution in [3.05, 3.63) is 6.33 Å². The molecule has 140 valence electrons. The third kappa shape index (κ3) is 5.58. The Bertz CT molecular complexity index is 753. The van der Waals surface area contributed by atoms with Crippen LogP contribution in [0.4, 0.5) is 16.2 Å². The topological polar surface area (TPSA) is 158 Å². The van der Waals surface area contributed by atoms with Gasteiger partial charge in [-0.15, -0.1) is 0 Å². The van der Waals surface area contributed by atoms with E-state index in [1.807, 2.05) is 0 Å². The predicted octanol–water partition coefficient (Wildman–Crippen LogP) is -0.0433. The van der Waals surface area contributed by atoms with Gasteiger partial charge in [-0.3, -0.25) is 4.57 Å². The van der Waals surface area contributed by atoms with E-state index >= 15 is 0 Å². The SMILES string of the molecule is COCCNc1nc(N)nc2c1ncn2C[C@H](CF)OCP(=O)(O)O. The molecule has 0 radical (unpaired) electrons. The number of nitrogens with zero attached hydrogens (tertiary/aromatic N) is 4. The quantitative estimate of drug-likeness (QED) is 0.326. The number of ether oxygens (including phenoxy) is 2. The highest BCUT2D eigenvalue weighted by Gasteiger charge is 2.20. The zero-order chi connectivity index (χ0) is 18.4. The number of methoxy groups -OCH3 is 1. The standard InChI is InChI=1S/C12H20FN6O5P/c1-23-3-2-15-10-9-11(18-12(14)17-10)19(6-16-9)5-8(4-13)24-7-25(20,21)22/h6,8H,2-5,7H2,1H3,(H2,20,21,22)(H3,14,15,17,18)/t8-/m0/s1. The lowest BCUT2D eigenvalue weighted by Gasteiger charge is -2.16. The van der Waals surface area contributed by atoms with Crippen molar-refractivity contribution in [2.75, 3.05) is 44.3 Å². The van der Waals surface area contributed by atoms with Gasteiger partial charge in [0.15, 0.2) is 17.0 Å². The van der Waals surface area contributed by atoms with Crippen molar-refractivity contribution in [3.63, 3.8) is 0 Å². The number of imidazole rings is 1. The van der Waals surface area contributed by atoms with E-state index in [4.69, 9.17) is 25.0 Å². The van der Waals surface area contributed by atoms with E-state index in [-0.39, 0.29) is 12.5 Å². The van der Waals surface area contributed by atoms with Crippen LogP contribution in [0.5, 0.6) is 0 Å². The zero-order valence-corrected chi connectivity index (χ0v) is 14.4. The Hall–Kier alpha value is -1.85. The van der Waals surface area contributed by atoms with E-state index in [1.54, 1.807) is 7.11 Å². The van der Waals surface area contributed by atoms with E-state index in [9.17, 15) is 8.96 Å². The first-order valence-electron chi connectivity index (χ1n) is 7.27. The number of hydrogen-bond donors (Lipinski definition) is 4. The minimum absolute atomic E-state index is 0.00195. The second-order valence-electron chi connectivity index (χ2n) is 5.16. The van der Waals surface area contributed by atoms with E-state index in [0.29, 0.717) is 30.1 Å². The van der Waals surface area contributed by atoms with Crippen LogP contribution in [-0.4, -0.2) is 68.7 Å². The van der Waals surface area contributed by atoms with Crippen LogP contribution >= 0.6 is 7.60 Å². The van der Waals surface area contributed by atoms with E-state index < -0.39 is 26.7 Å². The summed E-state index contributed by atoms with van der Waals surface area (Å²) in [5, 5.41) is 3.01. The molecular weight excluding hydrogens is 358 g/mol. The van der Waals surface area contributed by atoms with E-state index in [2.05, 4.69) is 20.3 Å². The summed E-state index contributed by atoms with van der Waals surface area (Å²) in [6.07, 6.45) is -0.523. The molecule has 0 aliphatic heterocycles. The van der Waals surface area contributed by atoms with Crippen molar-refractivity contribution >= 4 is 30.5 Å². The number of aromatic nitrogens is 4. The van der Waals surface area contributed by atoms with Gasteiger partial charge in [0.25, 0.3) is 0 Å². The van der Waals surface area contributed by atoms with E-state index in [0.717, 1.165) is 0 Å². The van der Waals surface area contributed by atoms with Gasteiger partial charge in [-0.1, -0.05) is 0 Å². The molecule has 0 fully saturated rings. The number of nitrogens with two attached hydrogens (primary N) is 1. The Labute approximate surface area is 142 Å². The van der Waals surface area contributed by atoms with Gasteiger partial charge in [0.2, 0.25) is 5.95 Å². The molecule has 13 heteroatoms. The molecule has 2 aromatic rings. The first-order valence-corrected chi connectivity index (χ1v) is 9.07. The van der Waals surface area contributed by atoms with Crippen LogP contribution in [-0.2, 0) is 20.6 Å². The molecule has 1 atom stereocenters. The number of fused-ring (bicyclic) bond motifs is 1. The van der Waals surface area contributed by atoms with Crippen molar-refractivity contribution in [1.29, 1.82) is 0 Å².